The molecule has 25 heavy (non-hydrogen) atoms. The SMILES string of the molecule is CCOC(C)(O)CC1=C(C)C(C)=C(C)C1C.[CH3-].[CH3-].[Zr+3].[c-]1ccccc1. The average molecular weight is 423 g/mol. The van der Waals surface area contributed by atoms with Crippen molar-refractivity contribution in [3.8, 4) is 0 Å². The summed E-state index contributed by atoms with van der Waals surface area (Å²) < 4.78 is 5.36. The Morgan fingerprint density at radius 2 is 1.60 bits per heavy atom. The maximum atomic E-state index is 10.1. The summed E-state index contributed by atoms with van der Waals surface area (Å²) in [7, 11) is 0. The van der Waals surface area contributed by atoms with Gasteiger partial charge < -0.3 is 24.7 Å². The molecule has 0 spiro atoms. The van der Waals surface area contributed by atoms with Crippen molar-refractivity contribution in [2.75, 3.05) is 6.61 Å². The Balaban J connectivity index is -0.000000461. The quantitative estimate of drug-likeness (QED) is 0.490. The summed E-state index contributed by atoms with van der Waals surface area (Å²) in [6.07, 6.45) is 0.600. The smallest absolute Gasteiger partial charge is 0.365 e. The molecule has 0 fully saturated rings. The Labute approximate surface area is 175 Å². The van der Waals surface area contributed by atoms with Crippen molar-refractivity contribution >= 4 is 0 Å². The molecule has 139 valence electrons. The number of hydrogen-bond donors (Lipinski definition) is 1. The van der Waals surface area contributed by atoms with Crippen LogP contribution in [0.1, 0.15) is 48.0 Å². The molecule has 1 N–H and O–H groups in total. The van der Waals surface area contributed by atoms with Gasteiger partial charge in [0.25, 0.3) is 0 Å². The van der Waals surface area contributed by atoms with Crippen LogP contribution in [0.5, 0.6) is 0 Å². The second kappa shape index (κ2) is 13.7. The standard InChI is InChI=1S/C14H24O2.C6H5.2CH3.Zr/c1-7-16-14(6,15)8-13-11(4)9(2)10(3)12(13)5;1-2-4-6-5-3-1;;;/h11,15H,7-8H2,1-6H3;1-5H;2*1H3;/q;3*-1;+3. The van der Waals surface area contributed by atoms with E-state index in [-0.39, 0.29) is 41.1 Å². The maximum Gasteiger partial charge on any atom is 3.00 e. The summed E-state index contributed by atoms with van der Waals surface area (Å²) in [5.74, 6) is -0.600. The molecule has 2 atom stereocenters. The molecular formula is C22H35O2Zr. The van der Waals surface area contributed by atoms with Gasteiger partial charge in [0, 0.05) is 13.0 Å². The van der Waals surface area contributed by atoms with E-state index in [1.807, 2.05) is 37.3 Å². The molecule has 0 bridgehead atoms. The van der Waals surface area contributed by atoms with Gasteiger partial charge in [-0.05, 0) is 51.7 Å². The molecular weight excluding hydrogens is 387 g/mol. The van der Waals surface area contributed by atoms with E-state index in [4.69, 9.17) is 4.74 Å². The van der Waals surface area contributed by atoms with Crippen LogP contribution in [0.15, 0.2) is 52.6 Å². The van der Waals surface area contributed by atoms with Crippen LogP contribution in [0.25, 0.3) is 0 Å². The van der Waals surface area contributed by atoms with Gasteiger partial charge in [0.05, 0.1) is 0 Å². The fourth-order valence-electron chi connectivity index (χ4n) is 2.79. The zero-order chi connectivity index (χ0) is 16.8. The summed E-state index contributed by atoms with van der Waals surface area (Å²) >= 11 is 0. The molecule has 0 amide bonds. The Bertz CT molecular complexity index is 504. The monoisotopic (exact) mass is 421 g/mol. The molecule has 2 nitrogen and oxygen atoms in total. The predicted molar refractivity (Wildman–Crippen MR) is 105 cm³/mol. The second-order valence-electron chi connectivity index (χ2n) is 6.04. The molecule has 0 aromatic heterocycles. The van der Waals surface area contributed by atoms with Gasteiger partial charge in [-0.1, -0.05) is 18.1 Å². The number of rotatable bonds is 4. The van der Waals surface area contributed by atoms with E-state index >= 15 is 0 Å². The summed E-state index contributed by atoms with van der Waals surface area (Å²) in [6.45, 7) is 12.9. The van der Waals surface area contributed by atoms with Gasteiger partial charge >= 0.3 is 26.2 Å². The fraction of sp³-hybridized carbons (Fsp3) is 0.455. The van der Waals surface area contributed by atoms with Gasteiger partial charge in [0.15, 0.2) is 5.79 Å². The van der Waals surface area contributed by atoms with E-state index in [1.165, 1.54) is 22.3 Å². The normalized spacial score (nSPS) is 18.1. The number of benzene rings is 1. The van der Waals surface area contributed by atoms with E-state index in [1.54, 1.807) is 6.92 Å². The Morgan fingerprint density at radius 3 is 1.88 bits per heavy atom. The topological polar surface area (TPSA) is 29.5 Å². The number of ether oxygens (including phenoxy) is 1. The van der Waals surface area contributed by atoms with E-state index in [2.05, 4.69) is 33.8 Å². The van der Waals surface area contributed by atoms with Gasteiger partial charge in [0.1, 0.15) is 0 Å². The fourth-order valence-corrected chi connectivity index (χ4v) is 2.79. The number of allylic oxidation sites excluding steroid dienone is 3. The van der Waals surface area contributed by atoms with Gasteiger partial charge in [0.2, 0.25) is 0 Å². The minimum absolute atomic E-state index is 0. The molecule has 1 radical (unpaired) electrons. The van der Waals surface area contributed by atoms with Crippen LogP contribution in [-0.2, 0) is 30.9 Å². The van der Waals surface area contributed by atoms with E-state index in [0.717, 1.165) is 0 Å². The third kappa shape index (κ3) is 9.13. The number of aliphatic hydroxyl groups is 1. The van der Waals surface area contributed by atoms with Crippen LogP contribution < -0.4 is 0 Å². The molecule has 2 rings (SSSR count). The summed E-state index contributed by atoms with van der Waals surface area (Å²) in [5.41, 5.74) is 5.42. The van der Waals surface area contributed by atoms with Gasteiger partial charge in [-0.25, -0.2) is 0 Å². The summed E-state index contributed by atoms with van der Waals surface area (Å²) in [6, 6.07) is 12.5. The molecule has 3 heteroatoms. The van der Waals surface area contributed by atoms with Crippen molar-refractivity contribution < 1.29 is 36.0 Å². The second-order valence-corrected chi connectivity index (χ2v) is 6.04. The van der Waals surface area contributed by atoms with Crippen molar-refractivity contribution in [2.45, 2.75) is 53.8 Å². The van der Waals surface area contributed by atoms with Crippen molar-refractivity contribution in [1.29, 1.82) is 0 Å². The number of hydrogen-bond acceptors (Lipinski definition) is 2. The van der Waals surface area contributed by atoms with Crippen molar-refractivity contribution in [3.63, 3.8) is 0 Å². The van der Waals surface area contributed by atoms with E-state index in [9.17, 15) is 5.11 Å². The predicted octanol–water partition coefficient (Wildman–Crippen LogP) is 5.81. The first-order valence-corrected chi connectivity index (χ1v) is 7.95. The molecule has 1 aromatic rings. The average Bonchev–Trinajstić information content (AvgIpc) is 2.67. The molecule has 0 saturated carbocycles. The van der Waals surface area contributed by atoms with Crippen LogP contribution in [-0.4, -0.2) is 17.5 Å². The minimum Gasteiger partial charge on any atom is -0.365 e. The Morgan fingerprint density at radius 1 is 1.08 bits per heavy atom. The zero-order valence-corrected chi connectivity index (χ0v) is 19.7. The van der Waals surface area contributed by atoms with E-state index < -0.39 is 5.79 Å². The van der Waals surface area contributed by atoms with Crippen LogP contribution in [0.2, 0.25) is 0 Å². The largest absolute Gasteiger partial charge is 3.00 e. The van der Waals surface area contributed by atoms with Gasteiger partial charge in [-0.3, -0.25) is 0 Å². The van der Waals surface area contributed by atoms with E-state index in [0.29, 0.717) is 18.9 Å². The molecule has 0 heterocycles. The first-order valence-electron chi connectivity index (χ1n) is 7.95. The van der Waals surface area contributed by atoms with Crippen LogP contribution in [0, 0.1) is 26.8 Å². The molecule has 0 saturated heterocycles. The Kier molecular flexibility index (Phi) is 16.0. The summed E-state index contributed by atoms with van der Waals surface area (Å²) in [4.78, 5) is 0. The molecule has 1 aliphatic rings. The third-order valence-electron chi connectivity index (χ3n) is 4.39. The van der Waals surface area contributed by atoms with Gasteiger partial charge in [-0.2, -0.15) is 36.4 Å². The van der Waals surface area contributed by atoms with Gasteiger partial charge in [-0.15, -0.1) is 0 Å². The first kappa shape index (κ1) is 29.3. The van der Waals surface area contributed by atoms with Crippen LogP contribution in [0.3, 0.4) is 0 Å². The van der Waals surface area contributed by atoms with Crippen molar-refractivity contribution in [2.24, 2.45) is 5.92 Å². The van der Waals surface area contributed by atoms with Crippen LogP contribution in [0.4, 0.5) is 0 Å². The molecule has 0 aliphatic heterocycles. The Hall–Kier alpha value is -0.497. The molecule has 2 unspecified atom stereocenters. The first-order chi connectivity index (χ1) is 10.3. The van der Waals surface area contributed by atoms with Crippen molar-refractivity contribution in [1.82, 2.24) is 0 Å². The zero-order valence-electron chi connectivity index (χ0n) is 17.2. The molecule has 1 aliphatic carbocycles. The minimum atomic E-state index is -1.04. The maximum absolute atomic E-state index is 10.1. The van der Waals surface area contributed by atoms with Crippen molar-refractivity contribution in [3.05, 3.63) is 73.5 Å². The van der Waals surface area contributed by atoms with Crippen LogP contribution >= 0.6 is 0 Å². The third-order valence-corrected chi connectivity index (χ3v) is 4.39. The molecule has 1 aromatic carbocycles. The summed E-state index contributed by atoms with van der Waals surface area (Å²) in [5, 5.41) is 10.1.